The second-order valence-corrected chi connectivity index (χ2v) is 5.23. The van der Waals surface area contributed by atoms with Crippen molar-refractivity contribution in [1.82, 2.24) is 0 Å². The van der Waals surface area contributed by atoms with Crippen LogP contribution in [0.4, 0.5) is 0 Å². The van der Waals surface area contributed by atoms with Gasteiger partial charge < -0.3 is 61.0 Å². The topological polar surface area (TPSA) is 259 Å². The predicted molar refractivity (Wildman–Crippen MR) is 84.8 cm³/mol. The van der Waals surface area contributed by atoms with Crippen LogP contribution in [-0.2, 0) is 9.59 Å². The molecule has 0 aliphatic carbocycles. The summed E-state index contributed by atoms with van der Waals surface area (Å²) in [6.45, 7) is 0.691. The highest BCUT2D eigenvalue weighted by molar-refractivity contribution is 5.72. The predicted octanol–water partition coefficient (Wildman–Crippen LogP) is -6.27. The molecule has 10 N–H and O–H groups in total. The van der Waals surface area contributed by atoms with Crippen LogP contribution >= 0.6 is 0 Å². The van der Waals surface area contributed by atoms with Crippen molar-refractivity contribution in [1.29, 1.82) is 0 Å². The maximum Gasteiger partial charge on any atom is 0.335 e. The van der Waals surface area contributed by atoms with E-state index in [0.29, 0.717) is 0 Å². The zero-order valence-corrected chi connectivity index (χ0v) is 13.7. The molecule has 13 nitrogen and oxygen atoms in total. The zero-order valence-electron chi connectivity index (χ0n) is 13.7. The van der Waals surface area contributed by atoms with Gasteiger partial charge in [-0.05, 0) is 6.42 Å². The number of carbonyl (C=O) groups is 2. The molecule has 0 bridgehead atoms. The summed E-state index contributed by atoms with van der Waals surface area (Å²) in [7, 11) is 0. The summed E-state index contributed by atoms with van der Waals surface area (Å²) in [6.07, 6.45) is -14.8. The fraction of sp³-hybridized carbons (Fsp3) is 0.857. The maximum atomic E-state index is 10.1. The lowest BCUT2D eigenvalue weighted by molar-refractivity contribution is -0.320. The minimum absolute atomic E-state index is 0. The third-order valence-electron chi connectivity index (χ3n) is 3.24. The number of carbonyl (C=O) groups excluding carboxylic acids is 1. The number of aliphatic hydroxyl groups excluding tert-OH is 9. The van der Waals surface area contributed by atoms with E-state index in [1.54, 1.807) is 0 Å². The summed E-state index contributed by atoms with van der Waals surface area (Å²) in [6, 6.07) is 0. The number of carboxylic acid groups (broad SMARTS) is 2. The minimum atomic E-state index is -2.20. The van der Waals surface area contributed by atoms with E-state index >= 15 is 0 Å². The lowest BCUT2D eigenvalue weighted by Gasteiger charge is -2.26. The normalized spacial score (nSPS) is 19.6. The molecule has 0 aromatic rings. The Labute approximate surface area is 155 Å². The SMILES string of the molecule is C.CCC(O)C(O)C(O)C(O)C(=O)[O-].O=C(O)C(O)C(O)C(O)C(O)CO. The molecule has 0 saturated carbocycles. The van der Waals surface area contributed by atoms with Gasteiger partial charge in [-0.1, -0.05) is 14.4 Å². The van der Waals surface area contributed by atoms with Gasteiger partial charge in [0.1, 0.15) is 36.6 Å². The summed E-state index contributed by atoms with van der Waals surface area (Å²) in [5.41, 5.74) is 0. The van der Waals surface area contributed by atoms with Gasteiger partial charge in [0, 0.05) is 0 Å². The molecule has 0 aliphatic rings. The van der Waals surface area contributed by atoms with Crippen LogP contribution in [0.2, 0.25) is 0 Å². The van der Waals surface area contributed by atoms with Crippen LogP contribution in [0.25, 0.3) is 0 Å². The van der Waals surface area contributed by atoms with Gasteiger partial charge in [0.2, 0.25) is 0 Å². The Morgan fingerprint density at radius 3 is 1.44 bits per heavy atom. The molecule has 0 aromatic heterocycles. The first-order valence-electron chi connectivity index (χ1n) is 7.32. The molecule has 8 unspecified atom stereocenters. The molecule has 8 atom stereocenters. The molecular weight excluding hydrogens is 376 g/mol. The zero-order chi connectivity index (χ0) is 21.2. The van der Waals surface area contributed by atoms with E-state index in [-0.39, 0.29) is 13.8 Å². The summed E-state index contributed by atoms with van der Waals surface area (Å²) in [4.78, 5) is 20.1. The molecule has 0 rings (SSSR count). The molecule has 0 radical (unpaired) electrons. The first kappa shape index (κ1) is 30.3. The van der Waals surface area contributed by atoms with Crippen LogP contribution in [0.3, 0.4) is 0 Å². The van der Waals surface area contributed by atoms with Crippen LogP contribution in [-0.4, -0.2) is 118 Å². The molecule has 0 aromatic carbocycles. The molecule has 13 heteroatoms. The third kappa shape index (κ3) is 10.5. The standard InChI is InChI=1S/C7H14O6.C6H12O7.CH4/c1-2-3(8)4(9)5(10)6(11)7(12)13;7-1-2(8)3(9)4(10)5(11)6(12)13;/h3-6,8-11H,2H2,1H3,(H,12,13);2-5,7-11H,1H2,(H,12,13);1H4/p-1. The number of hydrogen-bond donors (Lipinski definition) is 10. The van der Waals surface area contributed by atoms with Gasteiger partial charge in [-0.15, -0.1) is 0 Å². The van der Waals surface area contributed by atoms with E-state index in [1.165, 1.54) is 6.92 Å². The van der Waals surface area contributed by atoms with E-state index in [2.05, 4.69) is 0 Å². The highest BCUT2D eigenvalue weighted by atomic mass is 16.4. The van der Waals surface area contributed by atoms with Crippen LogP contribution in [0.15, 0.2) is 0 Å². The van der Waals surface area contributed by atoms with Crippen molar-refractivity contribution in [2.24, 2.45) is 0 Å². The molecule has 0 amide bonds. The average molecular weight is 405 g/mol. The lowest BCUT2D eigenvalue weighted by atomic mass is 10.0. The van der Waals surface area contributed by atoms with E-state index in [1.807, 2.05) is 0 Å². The van der Waals surface area contributed by atoms with Crippen molar-refractivity contribution in [3.05, 3.63) is 0 Å². The number of aliphatic carboxylic acids is 2. The minimum Gasteiger partial charge on any atom is -0.547 e. The highest BCUT2D eigenvalue weighted by Crippen LogP contribution is 2.07. The summed E-state index contributed by atoms with van der Waals surface area (Å²) in [5.74, 6) is -3.62. The molecular formula is C14H29O13-. The number of rotatable bonds is 10. The number of carboxylic acids is 2. The fourth-order valence-corrected chi connectivity index (χ4v) is 1.46. The first-order valence-corrected chi connectivity index (χ1v) is 7.32. The quantitative estimate of drug-likeness (QED) is 0.162. The molecule has 0 heterocycles. The van der Waals surface area contributed by atoms with E-state index < -0.39 is 67.4 Å². The second-order valence-electron chi connectivity index (χ2n) is 5.23. The molecule has 0 fully saturated rings. The second kappa shape index (κ2) is 14.6. The van der Waals surface area contributed by atoms with E-state index in [4.69, 9.17) is 51.1 Å². The fourth-order valence-electron chi connectivity index (χ4n) is 1.46. The Bertz CT molecular complexity index is 380. The van der Waals surface area contributed by atoms with Crippen LogP contribution < -0.4 is 5.11 Å². The summed E-state index contributed by atoms with van der Waals surface area (Å²) >= 11 is 0. The average Bonchev–Trinajstić information content (AvgIpc) is 2.62. The van der Waals surface area contributed by atoms with E-state index in [9.17, 15) is 14.7 Å². The molecule has 0 spiro atoms. The van der Waals surface area contributed by atoms with Crippen molar-refractivity contribution in [2.45, 2.75) is 69.6 Å². The van der Waals surface area contributed by atoms with Crippen LogP contribution in [0, 0.1) is 0 Å². The Kier molecular flexibility index (Phi) is 16.4. The van der Waals surface area contributed by atoms with Gasteiger partial charge in [0.25, 0.3) is 0 Å². The number of hydrogen-bond acceptors (Lipinski definition) is 12. The Balaban J connectivity index is -0.000000411. The number of aliphatic hydroxyl groups is 9. The van der Waals surface area contributed by atoms with Crippen molar-refractivity contribution >= 4 is 11.9 Å². The monoisotopic (exact) mass is 405 g/mol. The van der Waals surface area contributed by atoms with Gasteiger partial charge in [0.15, 0.2) is 6.10 Å². The summed E-state index contributed by atoms with van der Waals surface area (Å²) < 4.78 is 0. The maximum absolute atomic E-state index is 10.1. The Morgan fingerprint density at radius 1 is 0.778 bits per heavy atom. The Morgan fingerprint density at radius 2 is 1.15 bits per heavy atom. The van der Waals surface area contributed by atoms with Gasteiger partial charge >= 0.3 is 5.97 Å². The van der Waals surface area contributed by atoms with Crippen molar-refractivity contribution in [2.75, 3.05) is 6.61 Å². The molecule has 27 heavy (non-hydrogen) atoms. The van der Waals surface area contributed by atoms with Crippen molar-refractivity contribution < 1.29 is 65.8 Å². The van der Waals surface area contributed by atoms with Gasteiger partial charge in [-0.25, -0.2) is 4.79 Å². The third-order valence-corrected chi connectivity index (χ3v) is 3.24. The summed E-state index contributed by atoms with van der Waals surface area (Å²) in [5, 5.41) is 97.6. The smallest absolute Gasteiger partial charge is 0.335 e. The van der Waals surface area contributed by atoms with Crippen LogP contribution in [0.1, 0.15) is 20.8 Å². The molecule has 0 aliphatic heterocycles. The molecule has 0 saturated heterocycles. The van der Waals surface area contributed by atoms with Crippen LogP contribution in [0.5, 0.6) is 0 Å². The van der Waals surface area contributed by atoms with Gasteiger partial charge in [-0.2, -0.15) is 0 Å². The van der Waals surface area contributed by atoms with Gasteiger partial charge in [-0.3, -0.25) is 0 Å². The lowest BCUT2D eigenvalue weighted by Crippen LogP contribution is -2.51. The van der Waals surface area contributed by atoms with Gasteiger partial charge in [0.05, 0.1) is 18.7 Å². The van der Waals surface area contributed by atoms with Crippen molar-refractivity contribution in [3.8, 4) is 0 Å². The van der Waals surface area contributed by atoms with E-state index in [0.717, 1.165) is 0 Å². The first-order chi connectivity index (χ1) is 11.8. The molecule has 164 valence electrons. The Hall–Kier alpha value is -1.42. The highest BCUT2D eigenvalue weighted by Gasteiger charge is 2.34. The van der Waals surface area contributed by atoms with Crippen molar-refractivity contribution in [3.63, 3.8) is 0 Å². The largest absolute Gasteiger partial charge is 0.547 e.